The van der Waals surface area contributed by atoms with Crippen LogP contribution in [-0.2, 0) is 10.0 Å². The number of fused-ring (bicyclic) bond motifs is 1. The highest BCUT2D eigenvalue weighted by Crippen LogP contribution is 2.34. The van der Waals surface area contributed by atoms with Crippen LogP contribution in [0.25, 0.3) is 10.9 Å². The highest BCUT2D eigenvalue weighted by atomic mass is 32.2. The van der Waals surface area contributed by atoms with E-state index in [4.69, 9.17) is 0 Å². The van der Waals surface area contributed by atoms with Crippen LogP contribution in [0.4, 0.5) is 5.69 Å². The minimum atomic E-state index is -3.30. The Morgan fingerprint density at radius 2 is 1.89 bits per heavy atom. The van der Waals surface area contributed by atoms with Crippen LogP contribution in [0.2, 0.25) is 0 Å². The van der Waals surface area contributed by atoms with E-state index < -0.39 is 10.0 Å². The lowest BCUT2D eigenvalue weighted by atomic mass is 9.98. The number of nitrogens with zero attached hydrogens (tertiary/aromatic N) is 2. The fraction of sp³-hybridized carbons (Fsp3) is 0.357. The van der Waals surface area contributed by atoms with Crippen LogP contribution in [0, 0.1) is 0 Å². The number of rotatable bonds is 3. The average Bonchev–Trinajstić information content (AvgIpc) is 2.35. The summed E-state index contributed by atoms with van der Waals surface area (Å²) in [4.78, 5) is 4.29. The maximum atomic E-state index is 11.9. The third-order valence-corrected chi connectivity index (χ3v) is 4.40. The van der Waals surface area contributed by atoms with Gasteiger partial charge in [0.05, 0.1) is 17.5 Å². The Morgan fingerprint density at radius 3 is 2.47 bits per heavy atom. The molecule has 0 aliphatic carbocycles. The van der Waals surface area contributed by atoms with Crippen molar-refractivity contribution >= 4 is 26.6 Å². The molecule has 4 nitrogen and oxygen atoms in total. The molecule has 0 radical (unpaired) electrons. The number of aromatic nitrogens is 1. The average molecular weight is 278 g/mol. The van der Waals surface area contributed by atoms with Gasteiger partial charge in [-0.15, -0.1) is 0 Å². The van der Waals surface area contributed by atoms with Crippen LogP contribution >= 0.6 is 0 Å². The molecule has 0 unspecified atom stereocenters. The quantitative estimate of drug-likeness (QED) is 0.867. The summed E-state index contributed by atoms with van der Waals surface area (Å²) < 4.78 is 25.1. The lowest BCUT2D eigenvalue weighted by Crippen LogP contribution is -2.26. The number of anilines is 1. The van der Waals surface area contributed by atoms with Gasteiger partial charge in [0.2, 0.25) is 10.0 Å². The first-order valence-corrected chi connectivity index (χ1v) is 7.98. The topological polar surface area (TPSA) is 50.3 Å². The molecule has 102 valence electrons. The van der Waals surface area contributed by atoms with E-state index in [2.05, 4.69) is 18.8 Å². The molecule has 1 heterocycles. The number of hydrogen-bond acceptors (Lipinski definition) is 3. The zero-order chi connectivity index (χ0) is 14.2. The summed E-state index contributed by atoms with van der Waals surface area (Å²) in [6.45, 7) is 4.11. The fourth-order valence-corrected chi connectivity index (χ4v) is 2.67. The summed E-state index contributed by atoms with van der Waals surface area (Å²) in [6, 6.07) is 7.62. The van der Waals surface area contributed by atoms with E-state index in [1.165, 1.54) is 10.6 Å². The van der Waals surface area contributed by atoms with Crippen molar-refractivity contribution in [3.05, 3.63) is 36.0 Å². The van der Waals surface area contributed by atoms with Crippen molar-refractivity contribution in [2.75, 3.05) is 17.6 Å². The van der Waals surface area contributed by atoms with Crippen LogP contribution in [0.3, 0.4) is 0 Å². The molecule has 5 heteroatoms. The summed E-state index contributed by atoms with van der Waals surface area (Å²) in [7, 11) is -1.71. The van der Waals surface area contributed by atoms with Crippen molar-refractivity contribution in [2.45, 2.75) is 19.8 Å². The van der Waals surface area contributed by atoms with E-state index in [9.17, 15) is 8.42 Å². The number of pyridine rings is 1. The molecule has 0 atom stereocenters. The van der Waals surface area contributed by atoms with Crippen LogP contribution in [0.5, 0.6) is 0 Å². The molecule has 0 saturated heterocycles. The second-order valence-electron chi connectivity index (χ2n) is 4.96. The summed E-state index contributed by atoms with van der Waals surface area (Å²) in [6.07, 6.45) is 2.92. The maximum absolute atomic E-state index is 11.9. The van der Waals surface area contributed by atoms with Gasteiger partial charge < -0.3 is 0 Å². The molecular formula is C14H18N2O2S. The van der Waals surface area contributed by atoms with Gasteiger partial charge in [0.25, 0.3) is 0 Å². The van der Waals surface area contributed by atoms with Gasteiger partial charge in [0, 0.05) is 18.6 Å². The lowest BCUT2D eigenvalue weighted by Gasteiger charge is -2.23. The van der Waals surface area contributed by atoms with Gasteiger partial charge in [-0.05, 0) is 29.7 Å². The minimum absolute atomic E-state index is 0.240. The van der Waals surface area contributed by atoms with Crippen molar-refractivity contribution in [2.24, 2.45) is 0 Å². The van der Waals surface area contributed by atoms with Gasteiger partial charge in [-0.1, -0.05) is 19.9 Å². The third kappa shape index (κ3) is 2.56. The molecule has 2 aromatic rings. The first-order valence-electron chi connectivity index (χ1n) is 6.14. The molecule has 0 aliphatic heterocycles. The minimum Gasteiger partial charge on any atom is -0.273 e. The van der Waals surface area contributed by atoms with Gasteiger partial charge in [0.1, 0.15) is 0 Å². The SMILES string of the molecule is CC(C)c1ccc2ncccc2c1N(C)S(C)(=O)=O. The first kappa shape index (κ1) is 13.8. The Kier molecular flexibility index (Phi) is 3.49. The molecule has 0 aliphatic rings. The molecular weight excluding hydrogens is 260 g/mol. The molecule has 0 spiro atoms. The highest BCUT2D eigenvalue weighted by molar-refractivity contribution is 7.92. The zero-order valence-electron chi connectivity index (χ0n) is 11.6. The maximum Gasteiger partial charge on any atom is 0.232 e. The molecule has 2 rings (SSSR count). The Labute approximate surface area is 114 Å². The van der Waals surface area contributed by atoms with Crippen molar-refractivity contribution in [1.29, 1.82) is 0 Å². The zero-order valence-corrected chi connectivity index (χ0v) is 12.4. The van der Waals surface area contributed by atoms with Crippen LogP contribution in [-0.4, -0.2) is 26.7 Å². The Bertz CT molecular complexity index is 708. The summed E-state index contributed by atoms with van der Waals surface area (Å²) >= 11 is 0. The van der Waals surface area contributed by atoms with E-state index >= 15 is 0 Å². The van der Waals surface area contributed by atoms with E-state index in [1.54, 1.807) is 13.2 Å². The number of benzene rings is 1. The summed E-state index contributed by atoms with van der Waals surface area (Å²) in [5, 5.41) is 0.863. The summed E-state index contributed by atoms with van der Waals surface area (Å²) in [5.74, 6) is 0.240. The largest absolute Gasteiger partial charge is 0.273 e. The van der Waals surface area contributed by atoms with E-state index in [1.807, 2.05) is 24.3 Å². The van der Waals surface area contributed by atoms with Crippen molar-refractivity contribution in [3.63, 3.8) is 0 Å². The Morgan fingerprint density at radius 1 is 1.21 bits per heavy atom. The smallest absolute Gasteiger partial charge is 0.232 e. The number of sulfonamides is 1. The van der Waals surface area contributed by atoms with Crippen molar-refractivity contribution in [1.82, 2.24) is 4.98 Å². The monoisotopic (exact) mass is 278 g/mol. The molecule has 0 amide bonds. The van der Waals surface area contributed by atoms with E-state index in [0.29, 0.717) is 0 Å². The second-order valence-corrected chi connectivity index (χ2v) is 6.97. The molecule has 1 aromatic carbocycles. The molecule has 19 heavy (non-hydrogen) atoms. The molecule has 0 fully saturated rings. The van der Waals surface area contributed by atoms with Crippen LogP contribution in [0.1, 0.15) is 25.3 Å². The lowest BCUT2D eigenvalue weighted by molar-refractivity contribution is 0.600. The normalized spacial score (nSPS) is 12.1. The van der Waals surface area contributed by atoms with E-state index in [0.717, 1.165) is 22.2 Å². The first-order chi connectivity index (χ1) is 8.82. The fourth-order valence-electron chi connectivity index (χ4n) is 2.14. The Hall–Kier alpha value is -1.62. The van der Waals surface area contributed by atoms with Gasteiger partial charge in [-0.2, -0.15) is 0 Å². The second kappa shape index (κ2) is 4.81. The standard InChI is InChI=1S/C14H18N2O2S/c1-10(2)11-7-8-13-12(6-5-9-15-13)14(11)16(3)19(4,17)18/h5-10H,1-4H3. The van der Waals surface area contributed by atoms with Gasteiger partial charge in [-0.3, -0.25) is 9.29 Å². The van der Waals surface area contributed by atoms with Crippen molar-refractivity contribution < 1.29 is 8.42 Å². The molecule has 0 N–H and O–H groups in total. The predicted octanol–water partition coefficient (Wildman–Crippen LogP) is 2.75. The third-order valence-electron chi connectivity index (χ3n) is 3.22. The highest BCUT2D eigenvalue weighted by Gasteiger charge is 2.20. The molecule has 0 saturated carbocycles. The van der Waals surface area contributed by atoms with Gasteiger partial charge >= 0.3 is 0 Å². The van der Waals surface area contributed by atoms with Crippen molar-refractivity contribution in [3.8, 4) is 0 Å². The van der Waals surface area contributed by atoms with Gasteiger partial charge in [0.15, 0.2) is 0 Å². The number of hydrogen-bond donors (Lipinski definition) is 0. The van der Waals surface area contributed by atoms with Gasteiger partial charge in [-0.25, -0.2) is 8.42 Å². The predicted molar refractivity (Wildman–Crippen MR) is 79.1 cm³/mol. The van der Waals surface area contributed by atoms with Crippen LogP contribution in [0.15, 0.2) is 30.5 Å². The Balaban J connectivity index is 2.84. The van der Waals surface area contributed by atoms with Crippen LogP contribution < -0.4 is 4.31 Å². The molecule has 1 aromatic heterocycles. The van der Waals surface area contributed by atoms with E-state index in [-0.39, 0.29) is 5.92 Å². The molecule has 0 bridgehead atoms. The summed E-state index contributed by atoms with van der Waals surface area (Å²) in [5.41, 5.74) is 2.54.